The first-order chi connectivity index (χ1) is 14.0. The maximum atomic E-state index is 11.6. The minimum absolute atomic E-state index is 0.339. The van der Waals surface area contributed by atoms with Gasteiger partial charge < -0.3 is 14.5 Å². The number of benzene rings is 2. The van der Waals surface area contributed by atoms with E-state index in [-0.39, 0.29) is 5.63 Å². The van der Waals surface area contributed by atoms with Crippen molar-refractivity contribution in [1.29, 1.82) is 0 Å². The number of thiazole rings is 1. The van der Waals surface area contributed by atoms with Crippen molar-refractivity contribution in [2.45, 2.75) is 13.8 Å². The number of aromatic nitrogens is 1. The van der Waals surface area contributed by atoms with Crippen molar-refractivity contribution >= 4 is 45.2 Å². The number of aliphatic imine (C=N–C) groups is 1. The molecule has 0 aliphatic heterocycles. The van der Waals surface area contributed by atoms with Crippen LogP contribution in [0.3, 0.4) is 0 Å². The number of aryl methyl sites for hydroxylation is 2. The van der Waals surface area contributed by atoms with Crippen LogP contribution in [0, 0.1) is 13.8 Å². The van der Waals surface area contributed by atoms with Crippen LogP contribution in [0.4, 0.5) is 16.6 Å². The predicted molar refractivity (Wildman–Crippen MR) is 118 cm³/mol. The molecule has 2 heterocycles. The summed E-state index contributed by atoms with van der Waals surface area (Å²) in [5.41, 5.74) is 3.96. The Morgan fingerprint density at radius 3 is 2.69 bits per heavy atom. The summed E-state index contributed by atoms with van der Waals surface area (Å²) in [5.74, 6) is 1.53. The molecule has 0 radical (unpaired) electrons. The van der Waals surface area contributed by atoms with Gasteiger partial charge in [0.1, 0.15) is 17.2 Å². The number of fused-ring (bicyclic) bond motifs is 1. The van der Waals surface area contributed by atoms with Gasteiger partial charge in [-0.25, -0.2) is 14.8 Å². The third-order valence-corrected chi connectivity index (χ3v) is 5.24. The number of rotatable bonds is 5. The highest BCUT2D eigenvalue weighted by Crippen LogP contribution is 2.29. The van der Waals surface area contributed by atoms with Crippen molar-refractivity contribution in [3.8, 4) is 5.75 Å². The molecule has 0 bridgehead atoms. The summed E-state index contributed by atoms with van der Waals surface area (Å²) in [5, 5.41) is 6.80. The van der Waals surface area contributed by atoms with Crippen LogP contribution in [-0.4, -0.2) is 18.3 Å². The zero-order chi connectivity index (χ0) is 20.4. The van der Waals surface area contributed by atoms with Gasteiger partial charge in [-0.2, -0.15) is 0 Å². The summed E-state index contributed by atoms with van der Waals surface area (Å²) in [4.78, 5) is 20.5. The first kappa shape index (κ1) is 18.9. The highest BCUT2D eigenvalue weighted by atomic mass is 32.1. The molecule has 0 unspecified atom stereocenters. The summed E-state index contributed by atoms with van der Waals surface area (Å²) in [6.45, 7) is 3.85. The van der Waals surface area contributed by atoms with Gasteiger partial charge in [0.05, 0.1) is 7.11 Å². The van der Waals surface area contributed by atoms with Gasteiger partial charge in [-0.3, -0.25) is 0 Å². The number of hydrogen-bond donors (Lipinski definition) is 1. The summed E-state index contributed by atoms with van der Waals surface area (Å²) >= 11 is 1.45. The third kappa shape index (κ3) is 4.20. The molecule has 0 amide bonds. The molecule has 0 atom stereocenters. The Bertz CT molecular complexity index is 1260. The van der Waals surface area contributed by atoms with Crippen molar-refractivity contribution < 1.29 is 9.15 Å². The van der Waals surface area contributed by atoms with E-state index in [2.05, 4.69) is 15.3 Å². The lowest BCUT2D eigenvalue weighted by atomic mass is 10.1. The van der Waals surface area contributed by atoms with Gasteiger partial charge in [-0.1, -0.05) is 0 Å². The lowest BCUT2D eigenvalue weighted by Gasteiger charge is -2.09. The lowest BCUT2D eigenvalue weighted by Crippen LogP contribution is -2.00. The molecule has 0 saturated carbocycles. The van der Waals surface area contributed by atoms with Crippen molar-refractivity contribution in [3.63, 3.8) is 0 Å². The van der Waals surface area contributed by atoms with E-state index >= 15 is 0 Å². The van der Waals surface area contributed by atoms with Crippen molar-refractivity contribution in [2.75, 3.05) is 12.4 Å². The van der Waals surface area contributed by atoms with E-state index in [9.17, 15) is 4.79 Å². The Labute approximate surface area is 171 Å². The molecule has 2 aromatic heterocycles. The van der Waals surface area contributed by atoms with Crippen LogP contribution in [0.25, 0.3) is 11.0 Å². The van der Waals surface area contributed by atoms with Gasteiger partial charge in [-0.05, 0) is 66.9 Å². The molecule has 2 aromatic carbocycles. The van der Waals surface area contributed by atoms with Crippen LogP contribution in [0.2, 0.25) is 0 Å². The molecule has 0 aliphatic rings. The first-order valence-electron chi connectivity index (χ1n) is 8.97. The Kier molecular flexibility index (Phi) is 5.14. The number of anilines is 2. The van der Waals surface area contributed by atoms with Gasteiger partial charge in [0.2, 0.25) is 5.13 Å². The van der Waals surface area contributed by atoms with E-state index in [1.807, 2.05) is 55.6 Å². The number of ether oxygens (including phenoxy) is 1. The Morgan fingerprint density at radius 2 is 1.93 bits per heavy atom. The maximum Gasteiger partial charge on any atom is 0.336 e. The molecule has 1 N–H and O–H groups in total. The average Bonchev–Trinajstić information content (AvgIpc) is 3.15. The quantitative estimate of drug-likeness (QED) is 0.357. The van der Waals surface area contributed by atoms with E-state index in [4.69, 9.17) is 9.15 Å². The minimum atomic E-state index is -0.339. The SMILES string of the molecule is COc1ccc(/C=N/c2nc(Nc3cc4c(C)cc(=O)oc4cc3C)cs2)cc1. The number of hydrogen-bond acceptors (Lipinski definition) is 7. The topological polar surface area (TPSA) is 76.7 Å². The zero-order valence-corrected chi connectivity index (χ0v) is 17.0. The molecule has 0 saturated heterocycles. The first-order valence-corrected chi connectivity index (χ1v) is 9.85. The molecular formula is C22H19N3O3S. The Balaban J connectivity index is 1.55. The Morgan fingerprint density at radius 1 is 1.14 bits per heavy atom. The molecule has 4 rings (SSSR count). The molecule has 4 aromatic rings. The third-order valence-electron chi connectivity index (χ3n) is 4.49. The second kappa shape index (κ2) is 7.89. The van der Waals surface area contributed by atoms with Gasteiger partial charge in [0.25, 0.3) is 0 Å². The van der Waals surface area contributed by atoms with E-state index < -0.39 is 0 Å². The fraction of sp³-hybridized carbons (Fsp3) is 0.136. The molecule has 0 aliphatic carbocycles. The van der Waals surface area contributed by atoms with Crippen LogP contribution in [-0.2, 0) is 0 Å². The second-order valence-electron chi connectivity index (χ2n) is 6.58. The molecule has 7 heteroatoms. The standard InChI is InChI=1S/C22H19N3O3S/c1-13-9-21(26)28-19-8-14(2)18(10-17(13)19)24-20-12-29-22(25-20)23-11-15-4-6-16(27-3)7-5-15/h4-12,24H,1-3H3/b23-11+. The number of nitrogens with one attached hydrogen (secondary N) is 1. The van der Waals surface area contributed by atoms with Crippen LogP contribution in [0.15, 0.2) is 62.0 Å². The van der Waals surface area contributed by atoms with Crippen molar-refractivity contribution in [3.05, 3.63) is 75.0 Å². The van der Waals surface area contributed by atoms with Gasteiger partial charge in [0.15, 0.2) is 0 Å². The second-order valence-corrected chi connectivity index (χ2v) is 7.42. The zero-order valence-electron chi connectivity index (χ0n) is 16.2. The Hall–Kier alpha value is -3.45. The van der Waals surface area contributed by atoms with Gasteiger partial charge >= 0.3 is 5.63 Å². The summed E-state index contributed by atoms with van der Waals surface area (Å²) in [6, 6.07) is 13.0. The van der Waals surface area contributed by atoms with E-state index in [0.717, 1.165) is 39.3 Å². The summed E-state index contributed by atoms with van der Waals surface area (Å²) in [6.07, 6.45) is 1.77. The fourth-order valence-electron chi connectivity index (χ4n) is 2.94. The summed E-state index contributed by atoms with van der Waals surface area (Å²) in [7, 11) is 1.64. The molecular weight excluding hydrogens is 386 g/mol. The number of nitrogens with zero attached hydrogens (tertiary/aromatic N) is 2. The molecule has 29 heavy (non-hydrogen) atoms. The monoisotopic (exact) mass is 405 g/mol. The van der Waals surface area contributed by atoms with Crippen LogP contribution in [0.5, 0.6) is 5.75 Å². The highest BCUT2D eigenvalue weighted by Gasteiger charge is 2.09. The predicted octanol–water partition coefficient (Wildman–Crippen LogP) is 5.37. The van der Waals surface area contributed by atoms with Crippen LogP contribution < -0.4 is 15.7 Å². The van der Waals surface area contributed by atoms with Crippen molar-refractivity contribution in [2.24, 2.45) is 4.99 Å². The summed E-state index contributed by atoms with van der Waals surface area (Å²) < 4.78 is 10.5. The van der Waals surface area contributed by atoms with Gasteiger partial charge in [-0.15, -0.1) is 11.3 Å². The normalized spacial score (nSPS) is 11.3. The van der Waals surface area contributed by atoms with Crippen LogP contribution >= 0.6 is 11.3 Å². The van der Waals surface area contributed by atoms with E-state index in [1.54, 1.807) is 13.3 Å². The maximum absolute atomic E-state index is 11.6. The fourth-order valence-corrected chi connectivity index (χ4v) is 3.53. The number of methoxy groups -OCH3 is 1. The van der Waals surface area contributed by atoms with Gasteiger partial charge in [0, 0.05) is 28.7 Å². The largest absolute Gasteiger partial charge is 0.497 e. The van der Waals surface area contributed by atoms with E-state index in [1.165, 1.54) is 17.4 Å². The lowest BCUT2D eigenvalue weighted by molar-refractivity contribution is 0.415. The molecule has 6 nitrogen and oxygen atoms in total. The molecule has 0 fully saturated rings. The van der Waals surface area contributed by atoms with Crippen molar-refractivity contribution in [1.82, 2.24) is 4.98 Å². The molecule has 0 spiro atoms. The molecule has 146 valence electrons. The van der Waals surface area contributed by atoms with E-state index in [0.29, 0.717) is 10.7 Å². The smallest absolute Gasteiger partial charge is 0.336 e. The average molecular weight is 405 g/mol. The van der Waals surface area contributed by atoms with Crippen LogP contribution in [0.1, 0.15) is 16.7 Å². The highest BCUT2D eigenvalue weighted by molar-refractivity contribution is 7.13. The minimum Gasteiger partial charge on any atom is -0.497 e.